The van der Waals surface area contributed by atoms with Crippen LogP contribution in [0, 0.1) is 0 Å². The number of nitrogens with one attached hydrogen (secondary N) is 1. The zero-order valence-electron chi connectivity index (χ0n) is 51.5. The van der Waals surface area contributed by atoms with Crippen LogP contribution in [0.2, 0.25) is 0 Å². The van der Waals surface area contributed by atoms with Gasteiger partial charge in [0.25, 0.3) is 0 Å². The fourth-order valence-electron chi connectivity index (χ4n) is 11.3. The quantitative estimate of drug-likeness (QED) is 0.0193. The second kappa shape index (κ2) is 56.0. The Morgan fingerprint density at radius 1 is 0.494 bits per heavy atom. The van der Waals surface area contributed by atoms with Crippen LogP contribution in [-0.4, -0.2) is 95.4 Å². The summed E-state index contributed by atoms with van der Waals surface area (Å²) in [7, 11) is -5.08. The van der Waals surface area contributed by atoms with E-state index in [9.17, 15) is 38.2 Å². The van der Waals surface area contributed by atoms with Crippen molar-refractivity contribution in [3.63, 3.8) is 0 Å². The highest BCUT2D eigenvalue weighted by molar-refractivity contribution is 7.80. The fourth-order valence-corrected chi connectivity index (χ4v) is 11.9. The monoisotopic (exact) mass is 1140 g/mol. The van der Waals surface area contributed by atoms with Gasteiger partial charge in [0.15, 0.2) is 6.29 Å². The average Bonchev–Trinajstić information content (AvgIpc) is 3.44. The molecule has 1 aliphatic rings. The highest BCUT2D eigenvalue weighted by Crippen LogP contribution is 2.27. The van der Waals surface area contributed by atoms with E-state index in [0.717, 1.165) is 51.4 Å². The number of carbonyl (C=O) groups excluding carboxylic acids is 1. The maximum Gasteiger partial charge on any atom is 0.397 e. The molecular weight excluding hydrogens is 1010 g/mol. The zero-order chi connectivity index (χ0) is 57.5. The molecule has 0 bridgehead atoms. The Hall–Kier alpha value is -1.16. The Balaban J connectivity index is 2.25. The number of allylic oxidation sites excluding steroid dienone is 2. The van der Waals surface area contributed by atoms with Crippen LogP contribution in [0.1, 0.15) is 348 Å². The molecule has 7 unspecified atom stereocenters. The molecule has 13 heteroatoms. The lowest BCUT2D eigenvalue weighted by Gasteiger charge is -2.41. The number of hydrogen-bond donors (Lipinski definition) is 6. The molecule has 1 amide bonds. The molecule has 0 spiro atoms. The third kappa shape index (κ3) is 47.8. The van der Waals surface area contributed by atoms with Gasteiger partial charge in [-0.2, -0.15) is 8.42 Å². The molecule has 6 N–H and O–H groups in total. The minimum atomic E-state index is -5.08. The van der Waals surface area contributed by atoms with Crippen molar-refractivity contribution in [1.82, 2.24) is 5.32 Å². The van der Waals surface area contributed by atoms with Gasteiger partial charge in [-0.25, -0.2) is 4.18 Å². The van der Waals surface area contributed by atoms with Crippen molar-refractivity contribution in [1.29, 1.82) is 0 Å². The van der Waals surface area contributed by atoms with Crippen molar-refractivity contribution < 1.29 is 51.8 Å². The van der Waals surface area contributed by atoms with Gasteiger partial charge in [-0.1, -0.05) is 315 Å². The third-order valence-corrected chi connectivity index (χ3v) is 17.0. The summed E-state index contributed by atoms with van der Waals surface area (Å²) in [6, 6.07) is -0.858. The SMILES string of the molecule is CCCCCCCCCCCCCC/C=C\CCCCCCCCCCCCCCC(=O)NC(COC1OC(CO)C(O)C(OS(=O)(=O)O)C1O)C(O)CCCCCCCCCCCCCCCCCCCCCCCCCC. The lowest BCUT2D eigenvalue weighted by Crippen LogP contribution is -2.61. The second-order valence-corrected chi connectivity index (χ2v) is 25.2. The highest BCUT2D eigenvalue weighted by atomic mass is 32.3. The standard InChI is InChI=1S/C66H129NO11S/c1-3-5-7-9-11-13-15-17-19-21-23-25-27-29-30-31-32-34-36-38-40-42-44-46-48-50-52-54-56-62(70)67-59(58-76-66-64(72)65(78-79(73,74)75)63(71)61(57-68)77-66)60(69)55-53-51-49-47-45-43-41-39-37-35-33-28-26-24-22-20-18-16-14-12-10-8-6-4-2/h29-30,59-61,63-66,68-69,71-72H,3-28,31-58H2,1-2H3,(H,67,70)(H,73,74,75)/b30-29-. The molecule has 1 fully saturated rings. The predicted molar refractivity (Wildman–Crippen MR) is 329 cm³/mol. The fraction of sp³-hybridized carbons (Fsp3) is 0.955. The molecule has 12 nitrogen and oxygen atoms in total. The number of ether oxygens (including phenoxy) is 2. The van der Waals surface area contributed by atoms with Crippen molar-refractivity contribution >= 4 is 16.3 Å². The van der Waals surface area contributed by atoms with Gasteiger partial charge in [0, 0.05) is 6.42 Å². The minimum absolute atomic E-state index is 0.223. The van der Waals surface area contributed by atoms with Crippen LogP contribution < -0.4 is 5.32 Å². The van der Waals surface area contributed by atoms with E-state index in [1.165, 1.54) is 270 Å². The highest BCUT2D eigenvalue weighted by Gasteiger charge is 2.48. The summed E-state index contributed by atoms with van der Waals surface area (Å²) >= 11 is 0. The number of rotatable bonds is 61. The topological polar surface area (TPSA) is 192 Å². The number of hydrogen-bond acceptors (Lipinski definition) is 10. The van der Waals surface area contributed by atoms with Crippen LogP contribution in [0.5, 0.6) is 0 Å². The first kappa shape index (κ1) is 75.9. The Morgan fingerprint density at radius 3 is 1.14 bits per heavy atom. The van der Waals surface area contributed by atoms with E-state index in [1.807, 2.05) is 0 Å². The Morgan fingerprint density at radius 2 is 0.810 bits per heavy atom. The van der Waals surface area contributed by atoms with Crippen LogP contribution >= 0.6 is 0 Å². The number of unbranched alkanes of at least 4 members (excludes halogenated alkanes) is 47. The molecule has 1 aliphatic heterocycles. The van der Waals surface area contributed by atoms with Crippen molar-refractivity contribution in [3.05, 3.63) is 12.2 Å². The Bertz CT molecular complexity index is 1440. The van der Waals surface area contributed by atoms with Gasteiger partial charge in [0.2, 0.25) is 5.91 Å². The smallest absolute Gasteiger partial charge is 0.394 e. The van der Waals surface area contributed by atoms with Crippen LogP contribution in [0.4, 0.5) is 0 Å². The summed E-state index contributed by atoms with van der Waals surface area (Å²) in [5, 5.41) is 45.3. The number of aliphatic hydroxyl groups excluding tert-OH is 4. The normalized spacial score (nSPS) is 18.7. The summed E-state index contributed by atoms with van der Waals surface area (Å²) in [6.45, 7) is 3.52. The van der Waals surface area contributed by atoms with E-state index in [4.69, 9.17) is 9.47 Å². The van der Waals surface area contributed by atoms with Gasteiger partial charge < -0.3 is 35.2 Å². The molecule has 0 aromatic heterocycles. The maximum absolute atomic E-state index is 13.2. The summed E-state index contributed by atoms with van der Waals surface area (Å²) in [4.78, 5) is 13.2. The molecule has 1 heterocycles. The third-order valence-electron chi connectivity index (χ3n) is 16.6. The lowest BCUT2D eigenvalue weighted by molar-refractivity contribution is -0.298. The molecule has 0 saturated carbocycles. The van der Waals surface area contributed by atoms with Crippen LogP contribution in [0.25, 0.3) is 0 Å². The van der Waals surface area contributed by atoms with Crippen LogP contribution in [0.3, 0.4) is 0 Å². The number of carbonyl (C=O) groups is 1. The first-order valence-corrected chi connectivity index (χ1v) is 35.4. The molecule has 7 atom stereocenters. The molecule has 1 rings (SSSR count). The molecule has 0 radical (unpaired) electrons. The van der Waals surface area contributed by atoms with E-state index in [2.05, 4.69) is 35.5 Å². The van der Waals surface area contributed by atoms with E-state index in [-0.39, 0.29) is 12.5 Å². The van der Waals surface area contributed by atoms with Gasteiger partial charge in [-0.15, -0.1) is 0 Å². The zero-order valence-corrected chi connectivity index (χ0v) is 52.3. The van der Waals surface area contributed by atoms with Crippen molar-refractivity contribution in [3.8, 4) is 0 Å². The Labute approximate surface area is 487 Å². The average molecular weight is 1140 g/mol. The van der Waals surface area contributed by atoms with Crippen molar-refractivity contribution in [2.45, 2.75) is 391 Å². The van der Waals surface area contributed by atoms with Gasteiger partial charge in [-0.3, -0.25) is 9.35 Å². The Kier molecular flexibility index (Phi) is 53.8. The van der Waals surface area contributed by atoms with Crippen LogP contribution in [-0.2, 0) is 28.9 Å². The number of amides is 1. The molecular formula is C66H129NO11S. The van der Waals surface area contributed by atoms with Gasteiger partial charge in [0.1, 0.15) is 24.4 Å². The van der Waals surface area contributed by atoms with Gasteiger partial charge >= 0.3 is 10.4 Å². The van der Waals surface area contributed by atoms with E-state index in [0.29, 0.717) is 12.8 Å². The van der Waals surface area contributed by atoms with Gasteiger partial charge in [-0.05, 0) is 38.5 Å². The van der Waals surface area contributed by atoms with Crippen molar-refractivity contribution in [2.24, 2.45) is 0 Å². The molecule has 470 valence electrons. The minimum Gasteiger partial charge on any atom is -0.394 e. The molecule has 0 aliphatic carbocycles. The maximum atomic E-state index is 13.2. The van der Waals surface area contributed by atoms with Gasteiger partial charge in [0.05, 0.1) is 25.4 Å². The second-order valence-electron chi connectivity index (χ2n) is 24.1. The first-order chi connectivity index (χ1) is 38.5. The lowest BCUT2D eigenvalue weighted by atomic mass is 9.99. The first-order valence-electron chi connectivity index (χ1n) is 34.1. The van der Waals surface area contributed by atoms with Crippen molar-refractivity contribution in [2.75, 3.05) is 13.2 Å². The predicted octanol–water partition coefficient (Wildman–Crippen LogP) is 17.4. The number of aliphatic hydroxyl groups is 4. The molecule has 79 heavy (non-hydrogen) atoms. The van der Waals surface area contributed by atoms with Crippen LogP contribution in [0.15, 0.2) is 12.2 Å². The summed E-state index contributed by atoms with van der Waals surface area (Å²) in [5.41, 5.74) is 0. The summed E-state index contributed by atoms with van der Waals surface area (Å²) in [5.74, 6) is -0.223. The summed E-state index contributed by atoms with van der Waals surface area (Å²) in [6.07, 6.45) is 60.9. The molecule has 0 aromatic carbocycles. The molecule has 0 aromatic rings. The largest absolute Gasteiger partial charge is 0.397 e. The summed E-state index contributed by atoms with van der Waals surface area (Å²) < 4.78 is 48.1. The van der Waals surface area contributed by atoms with E-state index in [1.54, 1.807) is 0 Å². The molecule has 1 saturated heterocycles. The van der Waals surface area contributed by atoms with E-state index < -0.39 is 59.9 Å². The van der Waals surface area contributed by atoms with E-state index >= 15 is 0 Å².